The lowest BCUT2D eigenvalue weighted by molar-refractivity contribution is -0.132. The predicted molar refractivity (Wildman–Crippen MR) is 90.8 cm³/mol. The number of fused-ring (bicyclic) bond motifs is 1. The third kappa shape index (κ3) is 3.34. The summed E-state index contributed by atoms with van der Waals surface area (Å²) in [6.07, 6.45) is -0.180. The van der Waals surface area contributed by atoms with E-state index >= 15 is 0 Å². The van der Waals surface area contributed by atoms with Crippen LogP contribution in [0.2, 0.25) is 0 Å². The maximum atomic E-state index is 12.5. The first-order chi connectivity index (χ1) is 11.5. The van der Waals surface area contributed by atoms with Crippen LogP contribution in [0.15, 0.2) is 54.6 Å². The van der Waals surface area contributed by atoms with Gasteiger partial charge in [0, 0.05) is 0 Å². The molecule has 126 valence electrons. The van der Waals surface area contributed by atoms with Gasteiger partial charge in [-0.05, 0) is 30.0 Å². The number of amides is 1. The number of hydrogen-bond acceptors (Lipinski definition) is 4. The van der Waals surface area contributed by atoms with Crippen LogP contribution in [-0.4, -0.2) is 20.9 Å². The van der Waals surface area contributed by atoms with Crippen molar-refractivity contribution in [2.45, 2.75) is 24.7 Å². The van der Waals surface area contributed by atoms with Gasteiger partial charge in [0.25, 0.3) is 5.91 Å². The van der Waals surface area contributed by atoms with E-state index in [0.717, 1.165) is 11.1 Å². The van der Waals surface area contributed by atoms with E-state index in [2.05, 4.69) is 4.72 Å². The monoisotopic (exact) mass is 345 g/mol. The molecule has 1 aliphatic rings. The molecule has 0 saturated heterocycles. The molecule has 0 bridgehead atoms. The zero-order valence-electron chi connectivity index (χ0n) is 13.3. The molecular weight excluding hydrogens is 326 g/mol. The van der Waals surface area contributed by atoms with E-state index in [1.165, 1.54) is 0 Å². The third-order valence-electron chi connectivity index (χ3n) is 4.21. The maximum absolute atomic E-state index is 12.5. The Balaban J connectivity index is 1.80. The van der Waals surface area contributed by atoms with E-state index in [4.69, 9.17) is 4.74 Å². The van der Waals surface area contributed by atoms with Crippen LogP contribution >= 0.6 is 0 Å². The van der Waals surface area contributed by atoms with E-state index in [1.54, 1.807) is 37.3 Å². The molecule has 1 heterocycles. The van der Waals surface area contributed by atoms with Crippen molar-refractivity contribution >= 4 is 15.9 Å². The molecule has 0 spiro atoms. The highest BCUT2D eigenvalue weighted by Gasteiger charge is 2.32. The van der Waals surface area contributed by atoms with E-state index in [-0.39, 0.29) is 0 Å². The number of carbonyl (C=O) groups excluding carboxylic acids is 1. The van der Waals surface area contributed by atoms with Crippen molar-refractivity contribution in [3.63, 3.8) is 0 Å². The fourth-order valence-corrected chi connectivity index (χ4v) is 3.88. The summed E-state index contributed by atoms with van der Waals surface area (Å²) in [6, 6.07) is 16.2. The number of sulfonamides is 1. The Bertz CT molecular complexity index is 833. The number of ether oxygens (including phenoxy) is 1. The van der Waals surface area contributed by atoms with Gasteiger partial charge in [0.15, 0.2) is 6.10 Å². The molecule has 2 aromatic rings. The minimum atomic E-state index is -3.84. The van der Waals surface area contributed by atoms with Crippen molar-refractivity contribution < 1.29 is 17.9 Å². The second kappa shape index (κ2) is 6.75. The number of hydrogen-bond donors (Lipinski definition) is 1. The molecule has 0 radical (unpaired) electrons. The fourth-order valence-electron chi connectivity index (χ4n) is 2.80. The minimum Gasteiger partial charge on any atom is -0.363 e. The Hall–Kier alpha value is -2.18. The van der Waals surface area contributed by atoms with Crippen molar-refractivity contribution in [3.8, 4) is 0 Å². The summed E-state index contributed by atoms with van der Waals surface area (Å²) >= 11 is 0. The largest absolute Gasteiger partial charge is 0.363 e. The second-order valence-electron chi connectivity index (χ2n) is 5.76. The van der Waals surface area contributed by atoms with Crippen LogP contribution in [0.4, 0.5) is 0 Å². The Labute approximate surface area is 141 Å². The van der Waals surface area contributed by atoms with Gasteiger partial charge in [-0.3, -0.25) is 9.52 Å². The van der Waals surface area contributed by atoms with Gasteiger partial charge in [0.1, 0.15) is 5.25 Å². The van der Waals surface area contributed by atoms with Crippen LogP contribution in [0.1, 0.15) is 35.0 Å². The minimum absolute atomic E-state index is 0.392. The van der Waals surface area contributed by atoms with E-state index in [1.807, 2.05) is 24.3 Å². The van der Waals surface area contributed by atoms with Crippen LogP contribution in [0.25, 0.3) is 0 Å². The summed E-state index contributed by atoms with van der Waals surface area (Å²) < 4.78 is 32.7. The Morgan fingerprint density at radius 2 is 1.79 bits per heavy atom. The van der Waals surface area contributed by atoms with Gasteiger partial charge in [-0.25, -0.2) is 8.42 Å². The second-order valence-corrected chi connectivity index (χ2v) is 7.77. The van der Waals surface area contributed by atoms with Crippen molar-refractivity contribution in [3.05, 3.63) is 71.3 Å². The van der Waals surface area contributed by atoms with Gasteiger partial charge in [0.2, 0.25) is 10.0 Å². The topological polar surface area (TPSA) is 72.5 Å². The normalized spacial score (nSPS) is 18.5. The van der Waals surface area contributed by atoms with Crippen LogP contribution in [0.5, 0.6) is 0 Å². The van der Waals surface area contributed by atoms with Crippen molar-refractivity contribution in [1.82, 2.24) is 4.72 Å². The van der Waals surface area contributed by atoms with Gasteiger partial charge in [-0.15, -0.1) is 0 Å². The fraction of sp³-hybridized carbons (Fsp3) is 0.278. The van der Waals surface area contributed by atoms with Crippen LogP contribution < -0.4 is 4.72 Å². The average molecular weight is 345 g/mol. The third-order valence-corrected chi connectivity index (χ3v) is 5.90. The molecule has 6 heteroatoms. The summed E-state index contributed by atoms with van der Waals surface area (Å²) in [5.41, 5.74) is 2.36. The molecule has 1 amide bonds. The molecule has 1 aliphatic heterocycles. The first-order valence-electron chi connectivity index (χ1n) is 7.79. The molecule has 0 fully saturated rings. The molecule has 0 aliphatic carbocycles. The maximum Gasteiger partial charge on any atom is 0.267 e. The molecule has 0 aromatic heterocycles. The number of nitrogens with one attached hydrogen (secondary N) is 1. The first kappa shape index (κ1) is 16.7. The Kier molecular flexibility index (Phi) is 4.69. The van der Waals surface area contributed by atoms with E-state index in [0.29, 0.717) is 18.6 Å². The van der Waals surface area contributed by atoms with Gasteiger partial charge >= 0.3 is 0 Å². The summed E-state index contributed by atoms with van der Waals surface area (Å²) in [4.78, 5) is 12.5. The van der Waals surface area contributed by atoms with E-state index < -0.39 is 27.3 Å². The predicted octanol–water partition coefficient (Wildman–Crippen LogP) is 2.51. The summed E-state index contributed by atoms with van der Waals surface area (Å²) in [6.45, 7) is 1.95. The van der Waals surface area contributed by atoms with Gasteiger partial charge in [-0.1, -0.05) is 54.6 Å². The van der Waals surface area contributed by atoms with E-state index in [9.17, 15) is 13.2 Å². The lowest BCUT2D eigenvalue weighted by Gasteiger charge is -2.25. The van der Waals surface area contributed by atoms with Crippen molar-refractivity contribution in [2.24, 2.45) is 0 Å². The van der Waals surface area contributed by atoms with Gasteiger partial charge < -0.3 is 4.74 Å². The summed E-state index contributed by atoms with van der Waals surface area (Å²) in [5.74, 6) is -0.648. The molecule has 2 atom stereocenters. The van der Waals surface area contributed by atoms with Gasteiger partial charge in [-0.2, -0.15) is 0 Å². The zero-order valence-corrected chi connectivity index (χ0v) is 14.1. The molecule has 0 unspecified atom stereocenters. The smallest absolute Gasteiger partial charge is 0.267 e. The molecule has 5 nitrogen and oxygen atoms in total. The standard InChI is InChI=1S/C18H19NO4S/c1-13(14-7-3-2-4-8-14)24(21,22)19-18(20)17-16-10-6-5-9-15(16)11-12-23-17/h2-10,13,17H,11-12H2,1H3,(H,19,20)/t13-,17-/m1/s1. The van der Waals surface area contributed by atoms with Crippen LogP contribution in [-0.2, 0) is 26.0 Å². The Morgan fingerprint density at radius 3 is 2.54 bits per heavy atom. The SMILES string of the molecule is C[C@H](c1ccccc1)S(=O)(=O)NC(=O)[C@@H]1OCCc2ccccc21. The molecular formula is C18H19NO4S. The lowest BCUT2D eigenvalue weighted by atomic mass is 9.97. The molecule has 24 heavy (non-hydrogen) atoms. The Morgan fingerprint density at radius 1 is 1.12 bits per heavy atom. The lowest BCUT2D eigenvalue weighted by Crippen LogP contribution is -2.39. The summed E-state index contributed by atoms with van der Waals surface area (Å²) in [7, 11) is -3.84. The highest BCUT2D eigenvalue weighted by Crippen LogP contribution is 2.28. The van der Waals surface area contributed by atoms with Crippen molar-refractivity contribution in [2.75, 3.05) is 6.61 Å². The highest BCUT2D eigenvalue weighted by molar-refractivity contribution is 7.90. The average Bonchev–Trinajstić information content (AvgIpc) is 2.61. The molecule has 3 rings (SSSR count). The number of benzene rings is 2. The molecule has 0 saturated carbocycles. The van der Waals surface area contributed by atoms with Crippen LogP contribution in [0.3, 0.4) is 0 Å². The molecule has 2 aromatic carbocycles. The first-order valence-corrected chi connectivity index (χ1v) is 9.33. The number of rotatable bonds is 4. The van der Waals surface area contributed by atoms with Crippen LogP contribution in [0, 0.1) is 0 Å². The summed E-state index contributed by atoms with van der Waals surface area (Å²) in [5, 5.41) is -0.832. The zero-order chi connectivity index (χ0) is 17.2. The highest BCUT2D eigenvalue weighted by atomic mass is 32.2. The quantitative estimate of drug-likeness (QED) is 0.924. The molecule has 1 N–H and O–H groups in total. The van der Waals surface area contributed by atoms with Gasteiger partial charge in [0.05, 0.1) is 6.61 Å². The van der Waals surface area contributed by atoms with Crippen molar-refractivity contribution in [1.29, 1.82) is 0 Å². The number of carbonyl (C=O) groups is 1.